The van der Waals surface area contributed by atoms with Crippen LogP contribution in [0.2, 0.25) is 0 Å². The Hall–Kier alpha value is -4.75. The van der Waals surface area contributed by atoms with Gasteiger partial charge in [-0.15, -0.1) is 0 Å². The second-order valence-corrected chi connectivity index (χ2v) is 10.4. The predicted molar refractivity (Wildman–Crippen MR) is 153 cm³/mol. The second kappa shape index (κ2) is 12.2. The van der Waals surface area contributed by atoms with E-state index in [2.05, 4.69) is 30.3 Å². The van der Waals surface area contributed by atoms with Crippen molar-refractivity contribution in [1.82, 2.24) is 4.72 Å². The molecule has 0 radical (unpaired) electrons. The largest absolute Gasteiger partial charge is 0.478 e. The maximum atomic E-state index is 12.5. The Balaban J connectivity index is 1.52. The molecule has 0 aliphatic rings. The molecule has 7 heteroatoms. The van der Waals surface area contributed by atoms with Crippen molar-refractivity contribution >= 4 is 33.5 Å². The standard InChI is InChI=1S/C32H27NO5S/c1-2-29(24-9-5-3-6-10-24)31(25-11-7-4-8-12-25)26-16-13-23(14-17-26)15-22-30(34)33-39(37,38)28-20-18-27(19-21-28)32(35)36/h2-22,31H,1H3,(H,33,34)(H,35,36). The van der Waals surface area contributed by atoms with Gasteiger partial charge in [0.25, 0.3) is 15.9 Å². The Morgan fingerprint density at radius 1 is 0.744 bits per heavy atom. The number of rotatable bonds is 9. The van der Waals surface area contributed by atoms with E-state index >= 15 is 0 Å². The topological polar surface area (TPSA) is 101 Å². The van der Waals surface area contributed by atoms with E-state index in [4.69, 9.17) is 5.11 Å². The minimum atomic E-state index is -4.14. The van der Waals surface area contributed by atoms with Crippen molar-refractivity contribution in [2.45, 2.75) is 17.7 Å². The molecule has 0 aromatic heterocycles. The molecular weight excluding hydrogens is 510 g/mol. The number of amides is 1. The molecule has 0 fully saturated rings. The number of hydrogen-bond acceptors (Lipinski definition) is 4. The van der Waals surface area contributed by atoms with Crippen LogP contribution in [0.4, 0.5) is 0 Å². The lowest BCUT2D eigenvalue weighted by atomic mass is 9.81. The quantitative estimate of drug-likeness (QED) is 0.250. The highest BCUT2D eigenvalue weighted by Gasteiger charge is 2.20. The number of benzene rings is 4. The molecule has 196 valence electrons. The van der Waals surface area contributed by atoms with E-state index in [1.165, 1.54) is 23.8 Å². The van der Waals surface area contributed by atoms with E-state index in [0.29, 0.717) is 0 Å². The highest BCUT2D eigenvalue weighted by molar-refractivity contribution is 7.90. The SMILES string of the molecule is CC=C(c1ccccc1)C(c1ccccc1)c1ccc(C=CC(=O)NS(=O)(=O)c2ccc(C(=O)O)cc2)cc1. The van der Waals surface area contributed by atoms with Crippen molar-refractivity contribution in [2.75, 3.05) is 0 Å². The van der Waals surface area contributed by atoms with Gasteiger partial charge < -0.3 is 5.11 Å². The molecule has 0 bridgehead atoms. The molecular formula is C32H27NO5S. The fourth-order valence-corrected chi connectivity index (χ4v) is 5.25. The zero-order chi connectivity index (χ0) is 27.8. The minimum Gasteiger partial charge on any atom is -0.478 e. The van der Waals surface area contributed by atoms with Gasteiger partial charge in [0, 0.05) is 12.0 Å². The number of sulfonamides is 1. The monoisotopic (exact) mass is 537 g/mol. The number of hydrogen-bond donors (Lipinski definition) is 2. The summed E-state index contributed by atoms with van der Waals surface area (Å²) in [5.74, 6) is -1.99. The first-order valence-electron chi connectivity index (χ1n) is 12.2. The van der Waals surface area contributed by atoms with Crippen LogP contribution in [0.25, 0.3) is 11.6 Å². The van der Waals surface area contributed by atoms with Crippen LogP contribution in [-0.4, -0.2) is 25.4 Å². The molecule has 0 spiro atoms. The first-order chi connectivity index (χ1) is 18.8. The molecule has 39 heavy (non-hydrogen) atoms. The Bertz CT molecular complexity index is 1610. The summed E-state index contributed by atoms with van der Waals surface area (Å²) in [5.41, 5.74) is 5.21. The lowest BCUT2D eigenvalue weighted by Gasteiger charge is -2.22. The van der Waals surface area contributed by atoms with Crippen LogP contribution in [-0.2, 0) is 14.8 Å². The van der Waals surface area contributed by atoms with Gasteiger partial charge in [0.15, 0.2) is 0 Å². The Morgan fingerprint density at radius 2 is 1.31 bits per heavy atom. The van der Waals surface area contributed by atoms with Crippen molar-refractivity contribution in [3.05, 3.63) is 149 Å². The molecule has 2 N–H and O–H groups in total. The molecule has 1 amide bonds. The molecule has 0 heterocycles. The fraction of sp³-hybridized carbons (Fsp3) is 0.0625. The maximum Gasteiger partial charge on any atom is 0.335 e. The summed E-state index contributed by atoms with van der Waals surface area (Å²) in [6.45, 7) is 2.03. The van der Waals surface area contributed by atoms with Gasteiger partial charge in [-0.05, 0) is 65.1 Å². The van der Waals surface area contributed by atoms with Gasteiger partial charge in [-0.3, -0.25) is 4.79 Å². The molecule has 6 nitrogen and oxygen atoms in total. The second-order valence-electron chi connectivity index (χ2n) is 8.75. The first kappa shape index (κ1) is 27.3. The number of aromatic carboxylic acids is 1. The molecule has 0 aliphatic carbocycles. The van der Waals surface area contributed by atoms with Gasteiger partial charge in [-0.1, -0.05) is 91.0 Å². The van der Waals surface area contributed by atoms with Crippen molar-refractivity contribution in [2.24, 2.45) is 0 Å². The van der Waals surface area contributed by atoms with Crippen molar-refractivity contribution in [1.29, 1.82) is 0 Å². The summed E-state index contributed by atoms with van der Waals surface area (Å²) in [6, 6.07) is 32.8. The van der Waals surface area contributed by atoms with Gasteiger partial charge in [-0.25, -0.2) is 17.9 Å². The third kappa shape index (κ3) is 6.77. The van der Waals surface area contributed by atoms with Crippen LogP contribution >= 0.6 is 0 Å². The lowest BCUT2D eigenvalue weighted by molar-refractivity contribution is -0.114. The van der Waals surface area contributed by atoms with Crippen LogP contribution in [0.15, 0.2) is 126 Å². The van der Waals surface area contributed by atoms with Crippen LogP contribution in [0.3, 0.4) is 0 Å². The van der Waals surface area contributed by atoms with Crippen molar-refractivity contribution < 1.29 is 23.1 Å². The molecule has 4 aromatic carbocycles. The summed E-state index contributed by atoms with van der Waals surface area (Å²) >= 11 is 0. The van der Waals surface area contributed by atoms with Gasteiger partial charge in [0.05, 0.1) is 10.5 Å². The average molecular weight is 538 g/mol. The van der Waals surface area contributed by atoms with E-state index in [1.54, 1.807) is 0 Å². The number of carbonyl (C=O) groups is 2. The zero-order valence-electron chi connectivity index (χ0n) is 21.2. The Labute approximate surface area is 228 Å². The third-order valence-electron chi connectivity index (χ3n) is 6.21. The molecule has 4 rings (SSSR count). The summed E-state index contributed by atoms with van der Waals surface area (Å²) in [7, 11) is -4.14. The van der Waals surface area contributed by atoms with Gasteiger partial charge in [-0.2, -0.15) is 0 Å². The Morgan fingerprint density at radius 3 is 1.87 bits per heavy atom. The average Bonchev–Trinajstić information content (AvgIpc) is 2.96. The zero-order valence-corrected chi connectivity index (χ0v) is 22.0. The number of carboxylic acids is 1. The van der Waals surface area contributed by atoms with E-state index < -0.39 is 21.9 Å². The number of carboxylic acid groups (broad SMARTS) is 1. The van der Waals surface area contributed by atoms with Gasteiger partial charge in [0.2, 0.25) is 0 Å². The van der Waals surface area contributed by atoms with Crippen LogP contribution in [0.5, 0.6) is 0 Å². The van der Waals surface area contributed by atoms with E-state index in [0.717, 1.165) is 40.5 Å². The van der Waals surface area contributed by atoms with E-state index in [-0.39, 0.29) is 16.4 Å². The molecule has 1 atom stereocenters. The summed E-state index contributed by atoms with van der Waals surface area (Å²) < 4.78 is 26.9. The smallest absolute Gasteiger partial charge is 0.335 e. The molecule has 1 unspecified atom stereocenters. The maximum absolute atomic E-state index is 12.5. The van der Waals surface area contributed by atoms with E-state index in [1.807, 2.05) is 72.3 Å². The normalized spacial score (nSPS) is 12.7. The molecule has 0 saturated heterocycles. The Kier molecular flexibility index (Phi) is 8.53. The van der Waals surface area contributed by atoms with Crippen LogP contribution in [0, 0.1) is 0 Å². The molecule has 4 aromatic rings. The third-order valence-corrected chi connectivity index (χ3v) is 7.57. The summed E-state index contributed by atoms with van der Waals surface area (Å²) in [4.78, 5) is 23.1. The lowest BCUT2D eigenvalue weighted by Crippen LogP contribution is -2.29. The van der Waals surface area contributed by atoms with Crippen molar-refractivity contribution in [3.8, 4) is 0 Å². The highest BCUT2D eigenvalue weighted by atomic mass is 32.2. The predicted octanol–water partition coefficient (Wildman–Crippen LogP) is 6.14. The van der Waals surface area contributed by atoms with Crippen LogP contribution in [0.1, 0.15) is 45.5 Å². The van der Waals surface area contributed by atoms with Crippen LogP contribution < -0.4 is 4.72 Å². The molecule has 0 saturated carbocycles. The number of nitrogens with one attached hydrogen (secondary N) is 1. The summed E-state index contributed by atoms with van der Waals surface area (Å²) in [5, 5.41) is 8.97. The van der Waals surface area contributed by atoms with E-state index in [9.17, 15) is 18.0 Å². The first-order valence-corrected chi connectivity index (χ1v) is 13.7. The number of carbonyl (C=O) groups excluding carboxylic acids is 1. The fourth-order valence-electron chi connectivity index (χ4n) is 4.30. The van der Waals surface area contributed by atoms with Crippen molar-refractivity contribution in [3.63, 3.8) is 0 Å². The minimum absolute atomic E-state index is 0.00223. The van der Waals surface area contributed by atoms with Gasteiger partial charge in [0.1, 0.15) is 0 Å². The highest BCUT2D eigenvalue weighted by Crippen LogP contribution is 2.37. The summed E-state index contributed by atoms with van der Waals surface area (Å²) in [6.07, 6.45) is 4.81. The van der Waals surface area contributed by atoms with Gasteiger partial charge >= 0.3 is 5.97 Å². The molecule has 0 aliphatic heterocycles. The number of allylic oxidation sites excluding steroid dienone is 2.